The first-order chi connectivity index (χ1) is 14.6. The molecule has 0 radical (unpaired) electrons. The van der Waals surface area contributed by atoms with Crippen molar-refractivity contribution < 1.29 is 4.79 Å². The number of carbonyl (C=O) groups excluding carboxylic acids is 1. The fraction of sp³-hybridized carbons (Fsp3) is 0.741. The summed E-state index contributed by atoms with van der Waals surface area (Å²) in [6, 6.07) is 6.70. The van der Waals surface area contributed by atoms with Gasteiger partial charge in [-0.25, -0.2) is 0 Å². The number of nitrogens with one attached hydrogen (secondary N) is 2. The van der Waals surface area contributed by atoms with Gasteiger partial charge < -0.3 is 10.6 Å². The molecule has 3 saturated carbocycles. The second-order valence-corrected chi connectivity index (χ2v) is 10.7. The molecule has 0 saturated heterocycles. The lowest BCUT2D eigenvalue weighted by atomic mass is 9.62. The van der Waals surface area contributed by atoms with Gasteiger partial charge in [-0.2, -0.15) is 0 Å². The molecular weight excluding hydrogens is 404 g/mol. The highest BCUT2D eigenvalue weighted by atomic mass is 35.5. The number of fused-ring (bicyclic) bond motifs is 2. The lowest BCUT2D eigenvalue weighted by Gasteiger charge is -2.45. The van der Waals surface area contributed by atoms with E-state index in [1.54, 1.807) is 0 Å². The van der Waals surface area contributed by atoms with Crippen molar-refractivity contribution in [3.8, 4) is 0 Å². The number of halogens is 1. The summed E-state index contributed by atoms with van der Waals surface area (Å²) in [5.74, 6) is 0.891. The number of aryl methyl sites for hydroxylation is 1. The van der Waals surface area contributed by atoms with Gasteiger partial charge in [-0.15, -0.1) is 0 Å². The third-order valence-electron chi connectivity index (χ3n) is 7.94. The molecule has 0 spiro atoms. The topological polar surface area (TPSA) is 41.1 Å². The van der Waals surface area contributed by atoms with Gasteiger partial charge in [-0.1, -0.05) is 70.0 Å². The van der Waals surface area contributed by atoms with Gasteiger partial charge in [0.05, 0.1) is 10.6 Å². The molecule has 0 aliphatic heterocycles. The van der Waals surface area contributed by atoms with E-state index in [4.69, 9.17) is 11.6 Å². The maximum absolute atomic E-state index is 12.9. The van der Waals surface area contributed by atoms with Crippen LogP contribution < -0.4 is 10.6 Å². The highest BCUT2D eigenvalue weighted by Gasteiger charge is 2.39. The Morgan fingerprint density at radius 3 is 2.52 bits per heavy atom. The number of hydrogen-bond donors (Lipinski definition) is 2. The number of carbonyl (C=O) groups is 1. The quantitative estimate of drug-likeness (QED) is 0.425. The zero-order valence-corrected chi connectivity index (χ0v) is 19.2. The van der Waals surface area contributed by atoms with E-state index in [1.807, 2.05) is 12.1 Å². The SMILES string of the molecule is C.O=C(NCC12CCCC(CCC1)C2)c1cc(CCCNC2CCCCC2)ccc1Cl. The first-order valence-corrected chi connectivity index (χ1v) is 12.8. The van der Waals surface area contributed by atoms with Crippen LogP contribution in [0.4, 0.5) is 0 Å². The van der Waals surface area contributed by atoms with E-state index in [9.17, 15) is 4.79 Å². The summed E-state index contributed by atoms with van der Waals surface area (Å²) in [4.78, 5) is 12.9. The predicted molar refractivity (Wildman–Crippen MR) is 132 cm³/mol. The van der Waals surface area contributed by atoms with Crippen LogP contribution in [-0.4, -0.2) is 25.0 Å². The van der Waals surface area contributed by atoms with Gasteiger partial charge in [0.2, 0.25) is 0 Å². The third-order valence-corrected chi connectivity index (χ3v) is 8.27. The minimum absolute atomic E-state index is 0. The lowest BCUT2D eigenvalue weighted by Crippen LogP contribution is -2.43. The van der Waals surface area contributed by atoms with Crippen molar-refractivity contribution in [3.63, 3.8) is 0 Å². The molecule has 174 valence electrons. The van der Waals surface area contributed by atoms with Gasteiger partial charge in [0.1, 0.15) is 0 Å². The second-order valence-electron chi connectivity index (χ2n) is 10.2. The molecule has 3 nitrogen and oxygen atoms in total. The zero-order chi connectivity index (χ0) is 20.8. The Labute approximate surface area is 195 Å². The summed E-state index contributed by atoms with van der Waals surface area (Å²) in [7, 11) is 0. The molecule has 2 N–H and O–H groups in total. The molecular formula is C27H43ClN2O. The highest BCUT2D eigenvalue weighted by molar-refractivity contribution is 6.33. The molecule has 2 bridgehead atoms. The van der Waals surface area contributed by atoms with Crippen molar-refractivity contribution in [2.45, 2.75) is 103 Å². The summed E-state index contributed by atoms with van der Waals surface area (Å²) in [6.07, 6.45) is 18.1. The van der Waals surface area contributed by atoms with Gasteiger partial charge in [0, 0.05) is 12.6 Å². The Bertz CT molecular complexity index is 703. The van der Waals surface area contributed by atoms with E-state index in [0.717, 1.165) is 31.8 Å². The molecule has 0 heterocycles. The molecule has 3 aliphatic rings. The summed E-state index contributed by atoms with van der Waals surface area (Å²) in [5, 5.41) is 7.54. The van der Waals surface area contributed by atoms with Crippen LogP contribution >= 0.6 is 11.6 Å². The van der Waals surface area contributed by atoms with Crippen molar-refractivity contribution in [1.82, 2.24) is 10.6 Å². The van der Waals surface area contributed by atoms with Crippen LogP contribution in [0.1, 0.15) is 107 Å². The van der Waals surface area contributed by atoms with Crippen LogP contribution in [0.25, 0.3) is 0 Å². The number of amides is 1. The highest BCUT2D eigenvalue weighted by Crippen LogP contribution is 2.48. The van der Waals surface area contributed by atoms with E-state index in [2.05, 4.69) is 16.7 Å². The Morgan fingerprint density at radius 1 is 1.03 bits per heavy atom. The Balaban J connectivity index is 0.00000272. The van der Waals surface area contributed by atoms with Crippen molar-refractivity contribution in [2.75, 3.05) is 13.1 Å². The average molecular weight is 447 g/mol. The van der Waals surface area contributed by atoms with Crippen LogP contribution in [0.3, 0.4) is 0 Å². The molecule has 1 amide bonds. The van der Waals surface area contributed by atoms with E-state index in [0.29, 0.717) is 22.0 Å². The normalized spacial score (nSPS) is 26.2. The largest absolute Gasteiger partial charge is 0.351 e. The summed E-state index contributed by atoms with van der Waals surface area (Å²) in [6.45, 7) is 1.87. The number of rotatable bonds is 8. The molecule has 1 aromatic carbocycles. The van der Waals surface area contributed by atoms with Crippen LogP contribution in [0.2, 0.25) is 5.02 Å². The Hall–Kier alpha value is -1.06. The smallest absolute Gasteiger partial charge is 0.252 e. The minimum Gasteiger partial charge on any atom is -0.351 e. The van der Waals surface area contributed by atoms with E-state index in [-0.39, 0.29) is 13.3 Å². The lowest BCUT2D eigenvalue weighted by molar-refractivity contribution is 0.0682. The van der Waals surface area contributed by atoms with Gasteiger partial charge in [0.25, 0.3) is 5.91 Å². The predicted octanol–water partition coefficient (Wildman–Crippen LogP) is 6.92. The van der Waals surface area contributed by atoms with Crippen molar-refractivity contribution in [2.24, 2.45) is 11.3 Å². The van der Waals surface area contributed by atoms with Gasteiger partial charge in [-0.3, -0.25) is 4.79 Å². The Kier molecular flexibility index (Phi) is 9.28. The molecule has 4 rings (SSSR count). The standard InChI is InChI=1S/C26H39ClN2O.CH4/c27-24-13-12-20(9-6-16-28-22-10-2-1-3-11-22)17-23(24)25(30)29-19-26-14-4-7-21(18-26)8-5-15-26;/h12-13,17,21-22,28H,1-11,14-16,18-19H2,(H,29,30);1H4. The van der Waals surface area contributed by atoms with Crippen molar-refractivity contribution in [3.05, 3.63) is 34.3 Å². The monoisotopic (exact) mass is 446 g/mol. The fourth-order valence-corrected chi connectivity index (χ4v) is 6.44. The van der Waals surface area contributed by atoms with Crippen LogP contribution in [-0.2, 0) is 6.42 Å². The third kappa shape index (κ3) is 6.71. The maximum atomic E-state index is 12.9. The molecule has 1 aromatic rings. The molecule has 0 atom stereocenters. The van der Waals surface area contributed by atoms with Gasteiger partial charge in [0.15, 0.2) is 0 Å². The van der Waals surface area contributed by atoms with Crippen molar-refractivity contribution >= 4 is 17.5 Å². The molecule has 0 aromatic heterocycles. The molecule has 3 aliphatic carbocycles. The van der Waals surface area contributed by atoms with E-state index >= 15 is 0 Å². The van der Waals surface area contributed by atoms with E-state index < -0.39 is 0 Å². The maximum Gasteiger partial charge on any atom is 0.252 e. The summed E-state index contributed by atoms with van der Waals surface area (Å²) in [5.41, 5.74) is 2.20. The molecule has 31 heavy (non-hydrogen) atoms. The first-order valence-electron chi connectivity index (χ1n) is 12.4. The zero-order valence-electron chi connectivity index (χ0n) is 18.5. The van der Waals surface area contributed by atoms with E-state index in [1.165, 1.54) is 82.6 Å². The van der Waals surface area contributed by atoms with Gasteiger partial charge >= 0.3 is 0 Å². The summed E-state index contributed by atoms with van der Waals surface area (Å²) < 4.78 is 0. The summed E-state index contributed by atoms with van der Waals surface area (Å²) >= 11 is 6.41. The molecule has 3 fully saturated rings. The minimum atomic E-state index is 0. The van der Waals surface area contributed by atoms with Gasteiger partial charge in [-0.05, 0) is 80.5 Å². The number of hydrogen-bond acceptors (Lipinski definition) is 2. The van der Waals surface area contributed by atoms with Crippen LogP contribution in [0.15, 0.2) is 18.2 Å². The number of benzene rings is 1. The Morgan fingerprint density at radius 2 is 1.77 bits per heavy atom. The second kappa shape index (κ2) is 11.7. The molecule has 0 unspecified atom stereocenters. The van der Waals surface area contributed by atoms with Crippen LogP contribution in [0, 0.1) is 11.3 Å². The average Bonchev–Trinajstić information content (AvgIpc) is 2.77. The molecule has 4 heteroatoms. The van der Waals surface area contributed by atoms with Crippen LogP contribution in [0.5, 0.6) is 0 Å². The fourth-order valence-electron chi connectivity index (χ4n) is 6.24. The van der Waals surface area contributed by atoms with Crippen molar-refractivity contribution in [1.29, 1.82) is 0 Å². The first kappa shape index (κ1) is 24.6.